The predicted octanol–water partition coefficient (Wildman–Crippen LogP) is 4.11. The minimum atomic E-state index is -0.102. The van der Waals surface area contributed by atoms with Gasteiger partial charge in [0.1, 0.15) is 11.0 Å². The highest BCUT2D eigenvalue weighted by Gasteiger charge is 2.12. The van der Waals surface area contributed by atoms with Crippen LogP contribution in [-0.2, 0) is 0 Å². The van der Waals surface area contributed by atoms with E-state index in [0.29, 0.717) is 22.5 Å². The van der Waals surface area contributed by atoms with Crippen LogP contribution in [0.3, 0.4) is 0 Å². The molecule has 0 saturated carbocycles. The van der Waals surface area contributed by atoms with Crippen LogP contribution in [0.1, 0.15) is 57.3 Å². The van der Waals surface area contributed by atoms with Crippen molar-refractivity contribution < 1.29 is 4.79 Å². The van der Waals surface area contributed by atoms with Crippen LogP contribution in [0.25, 0.3) is 0 Å². The van der Waals surface area contributed by atoms with E-state index in [-0.39, 0.29) is 11.9 Å². The van der Waals surface area contributed by atoms with Crippen LogP contribution in [0.4, 0.5) is 5.82 Å². The van der Waals surface area contributed by atoms with Gasteiger partial charge in [0.25, 0.3) is 5.91 Å². The quantitative estimate of drug-likeness (QED) is 0.710. The lowest BCUT2D eigenvalue weighted by molar-refractivity contribution is 0.0937. The highest BCUT2D eigenvalue weighted by atomic mass is 35.5. The first-order valence-corrected chi connectivity index (χ1v) is 8.02. The maximum absolute atomic E-state index is 12.3. The average molecular weight is 312 g/mol. The largest absolute Gasteiger partial charge is 0.370 e. The molecule has 0 aliphatic rings. The van der Waals surface area contributed by atoms with E-state index >= 15 is 0 Å². The maximum Gasteiger partial charge on any atom is 0.251 e. The Bertz CT molecular complexity index is 463. The van der Waals surface area contributed by atoms with Gasteiger partial charge in [-0.05, 0) is 44.2 Å². The second-order valence-corrected chi connectivity index (χ2v) is 6.22. The number of nitrogens with zero attached hydrogens (tertiary/aromatic N) is 1. The molecule has 0 aromatic carbocycles. The van der Waals surface area contributed by atoms with Gasteiger partial charge >= 0.3 is 0 Å². The number of amides is 1. The van der Waals surface area contributed by atoms with Crippen LogP contribution in [-0.4, -0.2) is 23.5 Å². The number of carbonyl (C=O) groups is 1. The average Bonchev–Trinajstić information content (AvgIpc) is 2.42. The summed E-state index contributed by atoms with van der Waals surface area (Å²) >= 11 is 5.98. The number of pyridine rings is 1. The van der Waals surface area contributed by atoms with Crippen LogP contribution in [0.15, 0.2) is 12.1 Å². The molecule has 1 atom stereocenters. The smallest absolute Gasteiger partial charge is 0.251 e. The van der Waals surface area contributed by atoms with E-state index in [9.17, 15) is 4.79 Å². The predicted molar refractivity (Wildman–Crippen MR) is 89.0 cm³/mol. The van der Waals surface area contributed by atoms with Crippen LogP contribution >= 0.6 is 11.6 Å². The molecule has 1 rings (SSSR count). The fourth-order valence-corrected chi connectivity index (χ4v) is 2.14. The van der Waals surface area contributed by atoms with E-state index in [1.54, 1.807) is 12.1 Å². The molecule has 0 aliphatic heterocycles. The first kappa shape index (κ1) is 17.8. The van der Waals surface area contributed by atoms with E-state index in [0.717, 1.165) is 25.8 Å². The summed E-state index contributed by atoms with van der Waals surface area (Å²) in [5.41, 5.74) is 0.546. The summed E-state index contributed by atoms with van der Waals surface area (Å²) in [4.78, 5) is 16.4. The molecule has 21 heavy (non-hydrogen) atoms. The first-order chi connectivity index (χ1) is 9.92. The molecule has 118 valence electrons. The van der Waals surface area contributed by atoms with Gasteiger partial charge in [0.15, 0.2) is 0 Å². The highest BCUT2D eigenvalue weighted by molar-refractivity contribution is 6.29. The van der Waals surface area contributed by atoms with E-state index in [4.69, 9.17) is 11.6 Å². The van der Waals surface area contributed by atoms with Gasteiger partial charge in [-0.25, -0.2) is 4.98 Å². The highest BCUT2D eigenvalue weighted by Crippen LogP contribution is 2.15. The van der Waals surface area contributed by atoms with Crippen LogP contribution in [0, 0.1) is 5.92 Å². The number of carbonyl (C=O) groups excluding carboxylic acids is 1. The Balaban J connectivity index is 2.66. The zero-order chi connectivity index (χ0) is 15.8. The zero-order valence-electron chi connectivity index (χ0n) is 13.4. The van der Waals surface area contributed by atoms with Gasteiger partial charge < -0.3 is 10.6 Å². The van der Waals surface area contributed by atoms with Crippen LogP contribution < -0.4 is 10.6 Å². The molecular formula is C16H26ClN3O. The molecule has 1 aromatic rings. The number of rotatable bonds is 8. The summed E-state index contributed by atoms with van der Waals surface area (Å²) in [5, 5.41) is 6.49. The number of aromatic nitrogens is 1. The van der Waals surface area contributed by atoms with Gasteiger partial charge in [0.05, 0.1) is 0 Å². The van der Waals surface area contributed by atoms with Crippen molar-refractivity contribution in [2.75, 3.05) is 11.9 Å². The second kappa shape index (κ2) is 8.88. The Morgan fingerprint density at radius 2 is 2.00 bits per heavy atom. The van der Waals surface area contributed by atoms with Crippen molar-refractivity contribution in [3.63, 3.8) is 0 Å². The van der Waals surface area contributed by atoms with Crippen LogP contribution in [0.5, 0.6) is 0 Å². The Morgan fingerprint density at radius 3 is 2.62 bits per heavy atom. The molecule has 0 spiro atoms. The van der Waals surface area contributed by atoms with Crippen LogP contribution in [0.2, 0.25) is 5.15 Å². The van der Waals surface area contributed by atoms with E-state index in [1.165, 1.54) is 0 Å². The summed E-state index contributed by atoms with van der Waals surface area (Å²) < 4.78 is 0. The van der Waals surface area contributed by atoms with Gasteiger partial charge in [-0.15, -0.1) is 0 Å². The molecule has 0 saturated heterocycles. The summed E-state index contributed by atoms with van der Waals surface area (Å²) in [7, 11) is 0. The third-order valence-electron chi connectivity index (χ3n) is 3.17. The zero-order valence-corrected chi connectivity index (χ0v) is 14.1. The molecule has 0 fully saturated rings. The molecule has 0 bridgehead atoms. The fourth-order valence-electron chi connectivity index (χ4n) is 1.93. The van der Waals surface area contributed by atoms with Gasteiger partial charge in [0, 0.05) is 18.2 Å². The lowest BCUT2D eigenvalue weighted by Gasteiger charge is -2.15. The van der Waals surface area contributed by atoms with E-state index in [2.05, 4.69) is 36.4 Å². The normalized spacial score (nSPS) is 12.3. The molecule has 1 aromatic heterocycles. The lowest BCUT2D eigenvalue weighted by atomic mass is 10.0. The van der Waals surface area contributed by atoms with Crippen molar-refractivity contribution in [2.24, 2.45) is 5.92 Å². The molecule has 1 unspecified atom stereocenters. The molecule has 5 heteroatoms. The summed E-state index contributed by atoms with van der Waals surface area (Å²) in [6.07, 6.45) is 3.06. The number of hydrogen-bond donors (Lipinski definition) is 2. The number of anilines is 1. The van der Waals surface area contributed by atoms with E-state index < -0.39 is 0 Å². The summed E-state index contributed by atoms with van der Waals surface area (Å²) in [6, 6.07) is 3.49. The second-order valence-electron chi connectivity index (χ2n) is 5.84. The Morgan fingerprint density at radius 1 is 1.29 bits per heavy atom. The van der Waals surface area contributed by atoms with Crippen molar-refractivity contribution in [3.05, 3.63) is 22.8 Å². The molecule has 0 radical (unpaired) electrons. The fraction of sp³-hybridized carbons (Fsp3) is 0.625. The summed E-state index contributed by atoms with van der Waals surface area (Å²) in [6.45, 7) is 9.27. The van der Waals surface area contributed by atoms with Gasteiger partial charge in [-0.2, -0.15) is 0 Å². The third kappa shape index (κ3) is 6.80. The monoisotopic (exact) mass is 311 g/mol. The number of hydrogen-bond acceptors (Lipinski definition) is 3. The number of nitrogens with one attached hydrogen (secondary N) is 2. The molecule has 2 N–H and O–H groups in total. The third-order valence-corrected chi connectivity index (χ3v) is 3.36. The maximum atomic E-state index is 12.3. The Labute approximate surface area is 132 Å². The lowest BCUT2D eigenvalue weighted by Crippen LogP contribution is -2.32. The van der Waals surface area contributed by atoms with E-state index in [1.807, 2.05) is 6.92 Å². The van der Waals surface area contributed by atoms with Crippen molar-refractivity contribution in [2.45, 2.75) is 53.0 Å². The topological polar surface area (TPSA) is 54.0 Å². The molecular weight excluding hydrogens is 286 g/mol. The van der Waals surface area contributed by atoms with Gasteiger partial charge in [0.2, 0.25) is 0 Å². The van der Waals surface area contributed by atoms with Gasteiger partial charge in [-0.3, -0.25) is 4.79 Å². The first-order valence-electron chi connectivity index (χ1n) is 7.64. The Kier molecular flexibility index (Phi) is 7.51. The van der Waals surface area contributed by atoms with Crippen molar-refractivity contribution in [1.82, 2.24) is 10.3 Å². The minimum Gasteiger partial charge on any atom is -0.370 e. The SMILES string of the molecule is CCCNc1cc(C(=O)NC(C)CCC(C)C)cc(Cl)n1. The molecule has 1 heterocycles. The molecule has 1 amide bonds. The van der Waals surface area contributed by atoms with Crippen molar-refractivity contribution >= 4 is 23.3 Å². The molecule has 0 aliphatic carbocycles. The van der Waals surface area contributed by atoms with Crippen molar-refractivity contribution in [3.8, 4) is 0 Å². The standard InChI is InChI=1S/C16H26ClN3O/c1-5-8-18-15-10-13(9-14(17)20-15)16(21)19-12(4)7-6-11(2)3/h9-12H,5-8H2,1-4H3,(H,18,20)(H,19,21). The van der Waals surface area contributed by atoms with Crippen molar-refractivity contribution in [1.29, 1.82) is 0 Å². The van der Waals surface area contributed by atoms with Gasteiger partial charge in [-0.1, -0.05) is 32.4 Å². The summed E-state index contributed by atoms with van der Waals surface area (Å²) in [5.74, 6) is 1.18. The minimum absolute atomic E-state index is 0.102. The Hall–Kier alpha value is -1.29. The molecule has 4 nitrogen and oxygen atoms in total. The number of halogens is 1.